The van der Waals surface area contributed by atoms with E-state index in [-0.39, 0.29) is 12.1 Å². The Morgan fingerprint density at radius 1 is 1.25 bits per heavy atom. The summed E-state index contributed by atoms with van der Waals surface area (Å²) in [4.78, 5) is 16.7. The molecule has 0 aromatic carbocycles. The molecule has 0 unspecified atom stereocenters. The van der Waals surface area contributed by atoms with Gasteiger partial charge in [-0.05, 0) is 43.6 Å². The minimum Gasteiger partial charge on any atom is -0.459 e. The van der Waals surface area contributed by atoms with Crippen LogP contribution in [0.4, 0.5) is 0 Å². The van der Waals surface area contributed by atoms with Gasteiger partial charge in [-0.15, -0.1) is 0 Å². The number of aryl methyl sites for hydroxylation is 1. The maximum absolute atomic E-state index is 12.5. The zero-order valence-corrected chi connectivity index (χ0v) is 14.2. The first kappa shape index (κ1) is 15.6. The van der Waals surface area contributed by atoms with Crippen molar-refractivity contribution in [3.05, 3.63) is 23.5 Å². The Morgan fingerprint density at radius 3 is 2.92 bits per heavy atom. The van der Waals surface area contributed by atoms with Crippen LogP contribution in [0.15, 0.2) is 16.8 Å². The fraction of sp³-hybridized carbons (Fsp3) is 0.632. The highest BCUT2D eigenvalue weighted by Gasteiger charge is 2.33. The average Bonchev–Trinajstić information content (AvgIpc) is 3.04. The molecule has 0 bridgehead atoms. The molecule has 0 radical (unpaired) electrons. The summed E-state index contributed by atoms with van der Waals surface area (Å²) >= 11 is 0. The molecule has 0 spiro atoms. The number of pyridine rings is 1. The molecule has 3 atom stereocenters. The van der Waals surface area contributed by atoms with Gasteiger partial charge in [0.25, 0.3) is 5.71 Å². The summed E-state index contributed by atoms with van der Waals surface area (Å²) in [5, 5.41) is 4.79. The summed E-state index contributed by atoms with van der Waals surface area (Å²) in [7, 11) is 0. The Labute approximate surface area is 141 Å². The highest BCUT2D eigenvalue weighted by atomic mass is 16.5. The van der Waals surface area contributed by atoms with Crippen LogP contribution in [-0.4, -0.2) is 22.2 Å². The van der Waals surface area contributed by atoms with Gasteiger partial charge in [0.05, 0.1) is 16.6 Å². The molecule has 0 amide bonds. The molecule has 2 saturated carbocycles. The van der Waals surface area contributed by atoms with Gasteiger partial charge in [-0.25, -0.2) is 9.78 Å². The lowest BCUT2D eigenvalue weighted by Gasteiger charge is -2.38. The largest absolute Gasteiger partial charge is 0.459 e. The Morgan fingerprint density at radius 2 is 2.08 bits per heavy atom. The SMILES string of the molecule is CCc1noc2ncc(C(=O)O[C@@H]3CC[C@@H]4CCCC[C@@H]4C3)cc12. The molecule has 5 nitrogen and oxygen atoms in total. The Bertz CT molecular complexity index is 739. The van der Waals surface area contributed by atoms with E-state index in [0.717, 1.165) is 42.2 Å². The summed E-state index contributed by atoms with van der Waals surface area (Å²) in [6, 6.07) is 1.80. The predicted octanol–water partition coefficient (Wildman–Crippen LogP) is 4.30. The van der Waals surface area contributed by atoms with Gasteiger partial charge in [-0.2, -0.15) is 0 Å². The molecule has 0 aliphatic heterocycles. The number of fused-ring (bicyclic) bond motifs is 2. The molecule has 0 N–H and O–H groups in total. The number of ether oxygens (including phenoxy) is 1. The molecule has 2 aliphatic rings. The van der Waals surface area contributed by atoms with Gasteiger partial charge in [-0.1, -0.05) is 37.8 Å². The first-order valence-electron chi connectivity index (χ1n) is 9.20. The van der Waals surface area contributed by atoms with Crippen molar-refractivity contribution >= 4 is 17.1 Å². The van der Waals surface area contributed by atoms with Crippen molar-refractivity contribution < 1.29 is 14.1 Å². The Balaban J connectivity index is 1.46. The molecule has 128 valence electrons. The Hall–Kier alpha value is -1.91. The van der Waals surface area contributed by atoms with Crippen LogP contribution in [0.5, 0.6) is 0 Å². The molecular weight excluding hydrogens is 304 g/mol. The fourth-order valence-electron chi connectivity index (χ4n) is 4.40. The van der Waals surface area contributed by atoms with E-state index in [1.165, 1.54) is 38.3 Å². The zero-order chi connectivity index (χ0) is 16.5. The van der Waals surface area contributed by atoms with E-state index in [9.17, 15) is 4.79 Å². The van der Waals surface area contributed by atoms with Gasteiger partial charge in [0.1, 0.15) is 6.10 Å². The summed E-state index contributed by atoms with van der Waals surface area (Å²) in [6.45, 7) is 2.00. The van der Waals surface area contributed by atoms with E-state index in [0.29, 0.717) is 11.3 Å². The second-order valence-corrected chi connectivity index (χ2v) is 7.20. The van der Waals surface area contributed by atoms with Gasteiger partial charge in [0.2, 0.25) is 0 Å². The molecule has 2 aromatic heterocycles. The number of aromatic nitrogens is 2. The second kappa shape index (κ2) is 6.54. The standard InChI is InChI=1S/C19H24N2O3/c1-2-17-16-10-14(11-20-18(16)24-21-17)19(22)23-15-8-7-12-5-3-4-6-13(12)9-15/h10-13,15H,2-9H2,1H3/t12-,13+,15+/m0/s1. The van der Waals surface area contributed by atoms with E-state index < -0.39 is 0 Å². The molecule has 2 aliphatic carbocycles. The molecular formula is C19H24N2O3. The van der Waals surface area contributed by atoms with Gasteiger partial charge < -0.3 is 9.26 Å². The summed E-state index contributed by atoms with van der Waals surface area (Å²) in [6.07, 6.45) is 10.9. The first-order valence-corrected chi connectivity index (χ1v) is 9.20. The zero-order valence-electron chi connectivity index (χ0n) is 14.2. The number of carbonyl (C=O) groups is 1. The number of hydrogen-bond acceptors (Lipinski definition) is 5. The number of nitrogens with zero attached hydrogens (tertiary/aromatic N) is 2. The van der Waals surface area contributed by atoms with Crippen LogP contribution in [-0.2, 0) is 11.2 Å². The van der Waals surface area contributed by atoms with Crippen molar-refractivity contribution in [2.75, 3.05) is 0 Å². The maximum Gasteiger partial charge on any atom is 0.340 e. The van der Waals surface area contributed by atoms with E-state index in [1.807, 2.05) is 6.92 Å². The molecule has 2 fully saturated rings. The van der Waals surface area contributed by atoms with Crippen LogP contribution >= 0.6 is 0 Å². The second-order valence-electron chi connectivity index (χ2n) is 7.20. The highest BCUT2D eigenvalue weighted by Crippen LogP contribution is 2.41. The summed E-state index contributed by atoms with van der Waals surface area (Å²) < 4.78 is 11.0. The van der Waals surface area contributed by atoms with Crippen LogP contribution in [0.3, 0.4) is 0 Å². The van der Waals surface area contributed by atoms with Crippen LogP contribution in [0.2, 0.25) is 0 Å². The monoisotopic (exact) mass is 328 g/mol. The van der Waals surface area contributed by atoms with Crippen LogP contribution in [0, 0.1) is 11.8 Å². The molecule has 2 aromatic rings. The van der Waals surface area contributed by atoms with Crippen LogP contribution in [0.25, 0.3) is 11.1 Å². The van der Waals surface area contributed by atoms with Crippen molar-refractivity contribution in [1.29, 1.82) is 0 Å². The third-order valence-electron chi connectivity index (χ3n) is 5.74. The molecule has 4 rings (SSSR count). The van der Waals surface area contributed by atoms with Crippen molar-refractivity contribution in [3.8, 4) is 0 Å². The molecule has 5 heteroatoms. The van der Waals surface area contributed by atoms with E-state index in [4.69, 9.17) is 9.26 Å². The van der Waals surface area contributed by atoms with Gasteiger partial charge in [0.15, 0.2) is 0 Å². The minimum atomic E-state index is -0.271. The minimum absolute atomic E-state index is 0.0562. The lowest BCUT2D eigenvalue weighted by atomic mass is 9.70. The molecule has 2 heterocycles. The number of esters is 1. The lowest BCUT2D eigenvalue weighted by Crippen LogP contribution is -2.33. The number of hydrogen-bond donors (Lipinski definition) is 0. The van der Waals surface area contributed by atoms with Gasteiger partial charge in [-0.3, -0.25) is 0 Å². The van der Waals surface area contributed by atoms with Crippen molar-refractivity contribution in [1.82, 2.24) is 10.1 Å². The van der Waals surface area contributed by atoms with E-state index >= 15 is 0 Å². The fourth-order valence-corrected chi connectivity index (χ4v) is 4.40. The van der Waals surface area contributed by atoms with Crippen molar-refractivity contribution in [3.63, 3.8) is 0 Å². The Kier molecular flexibility index (Phi) is 4.25. The van der Waals surface area contributed by atoms with Crippen molar-refractivity contribution in [2.24, 2.45) is 11.8 Å². The predicted molar refractivity (Wildman–Crippen MR) is 89.7 cm³/mol. The third kappa shape index (κ3) is 2.92. The highest BCUT2D eigenvalue weighted by molar-refractivity contribution is 5.93. The van der Waals surface area contributed by atoms with Crippen LogP contribution in [0.1, 0.15) is 67.9 Å². The van der Waals surface area contributed by atoms with Gasteiger partial charge >= 0.3 is 5.97 Å². The summed E-state index contributed by atoms with van der Waals surface area (Å²) in [5.74, 6) is 1.33. The molecule has 24 heavy (non-hydrogen) atoms. The smallest absolute Gasteiger partial charge is 0.340 e. The van der Waals surface area contributed by atoms with Crippen molar-refractivity contribution in [2.45, 2.75) is 64.4 Å². The average molecular weight is 328 g/mol. The lowest BCUT2D eigenvalue weighted by molar-refractivity contribution is -0.000943. The van der Waals surface area contributed by atoms with Crippen LogP contribution < -0.4 is 0 Å². The van der Waals surface area contributed by atoms with E-state index in [2.05, 4.69) is 10.1 Å². The van der Waals surface area contributed by atoms with Gasteiger partial charge in [0, 0.05) is 6.20 Å². The number of carbonyl (C=O) groups excluding carboxylic acids is 1. The maximum atomic E-state index is 12.5. The molecule has 0 saturated heterocycles. The summed E-state index contributed by atoms with van der Waals surface area (Å²) in [5.41, 5.74) is 1.80. The topological polar surface area (TPSA) is 65.2 Å². The van der Waals surface area contributed by atoms with E-state index in [1.54, 1.807) is 6.07 Å². The quantitative estimate of drug-likeness (QED) is 0.786. The normalized spacial score (nSPS) is 27.0. The first-order chi connectivity index (χ1) is 11.7. The number of rotatable bonds is 3. The third-order valence-corrected chi connectivity index (χ3v) is 5.74.